The molecule has 0 fully saturated rings. The third-order valence-corrected chi connectivity index (χ3v) is 8.88. The van der Waals surface area contributed by atoms with Gasteiger partial charge < -0.3 is 0 Å². The van der Waals surface area contributed by atoms with E-state index in [0.717, 1.165) is 0 Å². The van der Waals surface area contributed by atoms with Crippen molar-refractivity contribution in [2.24, 2.45) is 5.92 Å². The van der Waals surface area contributed by atoms with Crippen LogP contribution in [0.25, 0.3) is 17.2 Å². The van der Waals surface area contributed by atoms with E-state index in [1.165, 1.54) is 34.7 Å². The highest BCUT2D eigenvalue weighted by molar-refractivity contribution is 6.60. The van der Waals surface area contributed by atoms with Crippen LogP contribution in [-0.4, -0.2) is 8.80 Å². The summed E-state index contributed by atoms with van der Waals surface area (Å²) in [5.74, 6) is 0.621. The van der Waals surface area contributed by atoms with Gasteiger partial charge in [-0.15, -0.1) is 0 Å². The molecule has 1 unspecified atom stereocenters. The molecule has 3 rings (SSSR count). The molecule has 0 heterocycles. The van der Waals surface area contributed by atoms with Crippen molar-refractivity contribution in [3.05, 3.63) is 64.7 Å². The minimum absolute atomic E-state index is 0.201. The highest BCUT2D eigenvalue weighted by Crippen LogP contribution is 2.45. The Hall–Kier alpha value is -1.60. The van der Waals surface area contributed by atoms with Crippen molar-refractivity contribution in [2.75, 3.05) is 0 Å². The van der Waals surface area contributed by atoms with Crippen molar-refractivity contribution < 1.29 is 0 Å². The molecule has 0 saturated carbocycles. The highest BCUT2D eigenvalue weighted by Gasteiger charge is 2.32. The highest BCUT2D eigenvalue weighted by atomic mass is 28.3. The SMILES string of the molecule is CCC[Si](C)C1C(C(C)C)=Cc2c(-c3ccc(C(C)(C)C)cc3)cccc21. The van der Waals surface area contributed by atoms with E-state index in [0.29, 0.717) is 11.5 Å². The van der Waals surface area contributed by atoms with Crippen molar-refractivity contribution in [2.45, 2.75) is 71.5 Å². The molecular weight excluding hydrogens is 340 g/mol. The van der Waals surface area contributed by atoms with E-state index in [-0.39, 0.29) is 5.41 Å². The molecule has 2 aromatic carbocycles. The first kappa shape index (κ1) is 20.1. The van der Waals surface area contributed by atoms with Gasteiger partial charge in [0.2, 0.25) is 0 Å². The summed E-state index contributed by atoms with van der Waals surface area (Å²) in [4.78, 5) is 0. The first-order chi connectivity index (χ1) is 12.7. The number of hydrogen-bond donors (Lipinski definition) is 0. The Morgan fingerprint density at radius 1 is 1.00 bits per heavy atom. The lowest BCUT2D eigenvalue weighted by Gasteiger charge is -2.25. The second kappa shape index (κ2) is 7.79. The minimum Gasteiger partial charge on any atom is -0.0703 e. The first-order valence-corrected chi connectivity index (χ1v) is 12.8. The Morgan fingerprint density at radius 2 is 1.67 bits per heavy atom. The summed E-state index contributed by atoms with van der Waals surface area (Å²) in [6, 6.07) is 17.6. The Balaban J connectivity index is 2.07. The average molecular weight is 376 g/mol. The topological polar surface area (TPSA) is 0 Å². The van der Waals surface area contributed by atoms with E-state index < -0.39 is 8.80 Å². The third-order valence-electron chi connectivity index (χ3n) is 5.96. The maximum atomic E-state index is 2.54. The van der Waals surface area contributed by atoms with E-state index in [9.17, 15) is 0 Å². The van der Waals surface area contributed by atoms with Crippen molar-refractivity contribution in [1.82, 2.24) is 0 Å². The van der Waals surface area contributed by atoms with E-state index in [1.807, 2.05) is 0 Å². The standard InChI is InChI=1S/C26H35Si/c1-8-16-27(7)25-22-11-9-10-21(24(22)17-23(25)18(2)3)19-12-14-20(15-13-19)26(4,5)6/h9-15,17-18,25H,8,16H2,1-7H3. The van der Waals surface area contributed by atoms with Crippen LogP contribution < -0.4 is 0 Å². The lowest BCUT2D eigenvalue weighted by atomic mass is 9.86. The quantitative estimate of drug-likeness (QED) is 0.466. The normalized spacial score (nSPS) is 16.8. The molecule has 2 aromatic rings. The van der Waals surface area contributed by atoms with Gasteiger partial charge in [-0.1, -0.05) is 115 Å². The fraction of sp³-hybridized carbons (Fsp3) is 0.462. The van der Waals surface area contributed by atoms with Crippen LogP contribution in [0.1, 0.15) is 70.2 Å². The molecule has 1 aliphatic rings. The van der Waals surface area contributed by atoms with Crippen LogP contribution >= 0.6 is 0 Å². The smallest absolute Gasteiger partial charge is 0.0584 e. The van der Waals surface area contributed by atoms with Crippen molar-refractivity contribution in [3.63, 3.8) is 0 Å². The van der Waals surface area contributed by atoms with Crippen LogP contribution in [-0.2, 0) is 5.41 Å². The number of fused-ring (bicyclic) bond motifs is 1. The molecule has 1 heteroatoms. The molecule has 0 N–H and O–H groups in total. The molecule has 0 amide bonds. The lowest BCUT2D eigenvalue weighted by Crippen LogP contribution is -2.22. The van der Waals surface area contributed by atoms with E-state index in [4.69, 9.17) is 0 Å². The molecule has 0 spiro atoms. The van der Waals surface area contributed by atoms with Gasteiger partial charge in [0.25, 0.3) is 0 Å². The Labute approximate surface area is 168 Å². The van der Waals surface area contributed by atoms with Crippen molar-refractivity contribution in [1.29, 1.82) is 0 Å². The van der Waals surface area contributed by atoms with E-state index in [2.05, 4.69) is 96.6 Å². The van der Waals surface area contributed by atoms with Gasteiger partial charge in [-0.2, -0.15) is 0 Å². The molecule has 0 aromatic heterocycles. The van der Waals surface area contributed by atoms with Crippen molar-refractivity contribution >= 4 is 14.9 Å². The zero-order chi connectivity index (χ0) is 19.8. The second-order valence-electron chi connectivity index (χ2n) is 9.46. The lowest BCUT2D eigenvalue weighted by molar-refractivity contribution is 0.590. The average Bonchev–Trinajstić information content (AvgIpc) is 3.01. The summed E-state index contributed by atoms with van der Waals surface area (Å²) in [5.41, 5.74) is 9.76. The van der Waals surface area contributed by atoms with Crippen LogP contribution in [0.2, 0.25) is 12.6 Å². The molecule has 1 atom stereocenters. The Morgan fingerprint density at radius 3 is 2.22 bits per heavy atom. The Kier molecular flexibility index (Phi) is 5.81. The Bertz CT molecular complexity index is 818. The predicted molar refractivity (Wildman–Crippen MR) is 123 cm³/mol. The van der Waals surface area contributed by atoms with Gasteiger partial charge in [0, 0.05) is 0 Å². The van der Waals surface area contributed by atoms with Gasteiger partial charge in [0.1, 0.15) is 0 Å². The molecule has 0 bridgehead atoms. The van der Waals surface area contributed by atoms with Gasteiger partial charge >= 0.3 is 0 Å². The zero-order valence-corrected chi connectivity index (χ0v) is 19.2. The molecule has 0 nitrogen and oxygen atoms in total. The van der Waals surface area contributed by atoms with Gasteiger partial charge in [-0.3, -0.25) is 0 Å². The second-order valence-corrected chi connectivity index (χ2v) is 12.2. The number of allylic oxidation sites excluding steroid dienone is 1. The van der Waals surface area contributed by atoms with Crippen LogP contribution in [0.5, 0.6) is 0 Å². The molecule has 1 radical (unpaired) electrons. The summed E-state index contributed by atoms with van der Waals surface area (Å²) in [5, 5.41) is 0. The third kappa shape index (κ3) is 3.99. The van der Waals surface area contributed by atoms with Crippen molar-refractivity contribution in [3.8, 4) is 11.1 Å². The van der Waals surface area contributed by atoms with E-state index in [1.54, 1.807) is 11.1 Å². The monoisotopic (exact) mass is 375 g/mol. The molecule has 0 aliphatic heterocycles. The van der Waals surface area contributed by atoms with Gasteiger partial charge in [-0.05, 0) is 44.7 Å². The predicted octanol–water partition coefficient (Wildman–Crippen LogP) is 7.86. The summed E-state index contributed by atoms with van der Waals surface area (Å²) in [6.45, 7) is 16.4. The number of benzene rings is 2. The molecule has 0 saturated heterocycles. The fourth-order valence-electron chi connectivity index (χ4n) is 4.42. The van der Waals surface area contributed by atoms with Crippen LogP contribution in [0.4, 0.5) is 0 Å². The van der Waals surface area contributed by atoms with Gasteiger partial charge in [0.05, 0.1) is 8.80 Å². The molecule has 27 heavy (non-hydrogen) atoms. The van der Waals surface area contributed by atoms with Crippen LogP contribution in [0.3, 0.4) is 0 Å². The number of rotatable bonds is 5. The zero-order valence-electron chi connectivity index (χ0n) is 18.2. The maximum Gasteiger partial charge on any atom is 0.0584 e. The maximum absolute atomic E-state index is 2.54. The molecular formula is C26H35Si. The van der Waals surface area contributed by atoms with E-state index >= 15 is 0 Å². The van der Waals surface area contributed by atoms with Gasteiger partial charge in [0.15, 0.2) is 0 Å². The summed E-state index contributed by atoms with van der Waals surface area (Å²) in [6.07, 6.45) is 3.83. The summed E-state index contributed by atoms with van der Waals surface area (Å²) < 4.78 is 0. The first-order valence-electron chi connectivity index (χ1n) is 10.5. The van der Waals surface area contributed by atoms with Crippen LogP contribution in [0.15, 0.2) is 48.0 Å². The largest absolute Gasteiger partial charge is 0.0703 e. The molecule has 1 aliphatic carbocycles. The minimum atomic E-state index is -0.415. The summed E-state index contributed by atoms with van der Waals surface area (Å²) in [7, 11) is -0.415. The van der Waals surface area contributed by atoms with Gasteiger partial charge in [-0.25, -0.2) is 0 Å². The molecule has 143 valence electrons. The van der Waals surface area contributed by atoms with Crippen LogP contribution in [0, 0.1) is 5.92 Å². The summed E-state index contributed by atoms with van der Waals surface area (Å²) >= 11 is 0. The number of hydrogen-bond acceptors (Lipinski definition) is 0. The fourth-order valence-corrected chi connectivity index (χ4v) is 7.26.